The fourth-order valence-corrected chi connectivity index (χ4v) is 4.93. The normalized spacial score (nSPS) is 28.6. The van der Waals surface area contributed by atoms with Crippen molar-refractivity contribution in [2.24, 2.45) is 11.8 Å². The summed E-state index contributed by atoms with van der Waals surface area (Å²) in [5, 5.41) is 0. The Bertz CT molecular complexity index is 400. The average Bonchev–Trinajstić information content (AvgIpc) is 3.09. The molecule has 3 rings (SSSR count). The number of rotatable bonds is 5. The molecule has 4 heteroatoms. The van der Waals surface area contributed by atoms with E-state index in [1.165, 1.54) is 64.7 Å². The van der Waals surface area contributed by atoms with Crippen LogP contribution < -0.4 is 0 Å². The molecule has 1 saturated carbocycles. The number of amides is 1. The van der Waals surface area contributed by atoms with Gasteiger partial charge in [0.25, 0.3) is 0 Å². The quantitative estimate of drug-likeness (QED) is 0.773. The number of piperazine rings is 1. The molecule has 1 amide bonds. The molecule has 0 spiro atoms. The summed E-state index contributed by atoms with van der Waals surface area (Å²) in [4.78, 5) is 19.7. The van der Waals surface area contributed by atoms with Crippen LogP contribution >= 0.6 is 0 Å². The van der Waals surface area contributed by atoms with E-state index < -0.39 is 0 Å². The van der Waals surface area contributed by atoms with Crippen LogP contribution in [0.2, 0.25) is 0 Å². The number of hydrogen-bond donors (Lipinski definition) is 0. The highest BCUT2D eigenvalue weighted by Gasteiger charge is 2.28. The van der Waals surface area contributed by atoms with Crippen molar-refractivity contribution >= 4 is 5.91 Å². The topological polar surface area (TPSA) is 26.8 Å². The standard InChI is InChI=1S/C20H37N3O/c1-17-15-21(2)13-14-23(17)16-19-9-11-22(12-10-19)20(24)8-7-18-5-3-4-6-18/h17-19H,3-16H2,1-2H3/t17-/m0/s1. The maximum atomic E-state index is 12.4. The first-order valence-electron chi connectivity index (χ1n) is 10.3. The first-order valence-corrected chi connectivity index (χ1v) is 10.3. The van der Waals surface area contributed by atoms with E-state index in [1.807, 2.05) is 0 Å². The van der Waals surface area contributed by atoms with Crippen molar-refractivity contribution in [3.63, 3.8) is 0 Å². The predicted octanol–water partition coefficient (Wildman–Crippen LogP) is 2.83. The van der Waals surface area contributed by atoms with Crippen molar-refractivity contribution in [1.82, 2.24) is 14.7 Å². The molecule has 4 nitrogen and oxygen atoms in total. The van der Waals surface area contributed by atoms with E-state index in [-0.39, 0.29) is 0 Å². The van der Waals surface area contributed by atoms with Gasteiger partial charge < -0.3 is 9.80 Å². The van der Waals surface area contributed by atoms with Crippen molar-refractivity contribution in [3.8, 4) is 0 Å². The fraction of sp³-hybridized carbons (Fsp3) is 0.950. The monoisotopic (exact) mass is 335 g/mol. The second kappa shape index (κ2) is 8.66. The Morgan fingerprint density at radius 1 is 0.958 bits per heavy atom. The minimum Gasteiger partial charge on any atom is -0.343 e. The van der Waals surface area contributed by atoms with Gasteiger partial charge in [0.2, 0.25) is 5.91 Å². The molecule has 138 valence electrons. The molecule has 3 aliphatic rings. The van der Waals surface area contributed by atoms with E-state index >= 15 is 0 Å². The first kappa shape index (κ1) is 18.2. The van der Waals surface area contributed by atoms with E-state index in [4.69, 9.17) is 0 Å². The van der Waals surface area contributed by atoms with Gasteiger partial charge in [0, 0.05) is 51.7 Å². The number of carbonyl (C=O) groups is 1. The van der Waals surface area contributed by atoms with Gasteiger partial charge in [0.1, 0.15) is 0 Å². The highest BCUT2D eigenvalue weighted by atomic mass is 16.2. The van der Waals surface area contributed by atoms with Crippen LogP contribution in [-0.2, 0) is 4.79 Å². The number of likely N-dealkylation sites (tertiary alicyclic amines) is 1. The Kier molecular flexibility index (Phi) is 6.56. The van der Waals surface area contributed by atoms with Gasteiger partial charge in [-0.25, -0.2) is 0 Å². The summed E-state index contributed by atoms with van der Waals surface area (Å²) < 4.78 is 0. The number of nitrogens with zero attached hydrogens (tertiary/aromatic N) is 3. The third kappa shape index (κ3) is 4.95. The lowest BCUT2D eigenvalue weighted by Gasteiger charge is -2.41. The second-order valence-electron chi connectivity index (χ2n) is 8.62. The molecular weight excluding hydrogens is 298 g/mol. The molecule has 0 unspecified atom stereocenters. The maximum absolute atomic E-state index is 12.4. The molecule has 2 aliphatic heterocycles. The molecule has 0 radical (unpaired) electrons. The first-order chi connectivity index (χ1) is 11.6. The third-order valence-electron chi connectivity index (χ3n) is 6.67. The summed E-state index contributed by atoms with van der Waals surface area (Å²) in [6.45, 7) is 9.18. The van der Waals surface area contributed by atoms with Gasteiger partial charge in [-0.3, -0.25) is 9.69 Å². The molecule has 0 aromatic heterocycles. The summed E-state index contributed by atoms with van der Waals surface area (Å²) >= 11 is 0. The Morgan fingerprint density at radius 3 is 2.33 bits per heavy atom. The highest BCUT2D eigenvalue weighted by Crippen LogP contribution is 2.29. The van der Waals surface area contributed by atoms with Gasteiger partial charge >= 0.3 is 0 Å². The molecular formula is C20H37N3O. The lowest BCUT2D eigenvalue weighted by molar-refractivity contribution is -0.133. The SMILES string of the molecule is C[C@H]1CN(C)CCN1CC1CCN(C(=O)CCC2CCCC2)CC1. The summed E-state index contributed by atoms with van der Waals surface area (Å²) in [7, 11) is 2.23. The highest BCUT2D eigenvalue weighted by molar-refractivity contribution is 5.76. The van der Waals surface area contributed by atoms with Crippen LogP contribution in [0.5, 0.6) is 0 Å². The number of carbonyl (C=O) groups excluding carboxylic acids is 1. The van der Waals surface area contributed by atoms with Crippen LogP contribution in [0.4, 0.5) is 0 Å². The smallest absolute Gasteiger partial charge is 0.222 e. The minimum atomic E-state index is 0.424. The van der Waals surface area contributed by atoms with E-state index in [2.05, 4.69) is 28.7 Å². The van der Waals surface area contributed by atoms with E-state index in [1.54, 1.807) is 0 Å². The molecule has 0 bridgehead atoms. The van der Waals surface area contributed by atoms with Crippen LogP contribution in [-0.4, -0.2) is 73.0 Å². The fourth-order valence-electron chi connectivity index (χ4n) is 4.93. The van der Waals surface area contributed by atoms with Gasteiger partial charge in [-0.15, -0.1) is 0 Å². The average molecular weight is 336 g/mol. The lowest BCUT2D eigenvalue weighted by atomic mass is 9.94. The lowest BCUT2D eigenvalue weighted by Crippen LogP contribution is -2.52. The molecule has 1 aliphatic carbocycles. The maximum Gasteiger partial charge on any atom is 0.222 e. The Balaban J connectivity index is 1.35. The van der Waals surface area contributed by atoms with E-state index in [0.29, 0.717) is 11.9 Å². The third-order valence-corrected chi connectivity index (χ3v) is 6.67. The second-order valence-corrected chi connectivity index (χ2v) is 8.62. The van der Waals surface area contributed by atoms with Crippen molar-refractivity contribution < 1.29 is 4.79 Å². The van der Waals surface area contributed by atoms with E-state index in [9.17, 15) is 4.79 Å². The van der Waals surface area contributed by atoms with Crippen molar-refractivity contribution in [3.05, 3.63) is 0 Å². The van der Waals surface area contributed by atoms with Gasteiger partial charge in [-0.1, -0.05) is 25.7 Å². The molecule has 3 fully saturated rings. The zero-order valence-electron chi connectivity index (χ0n) is 15.9. The summed E-state index contributed by atoms with van der Waals surface area (Å²) in [5.74, 6) is 2.05. The summed E-state index contributed by atoms with van der Waals surface area (Å²) in [6, 6.07) is 0.676. The Labute approximate surface area is 148 Å². The molecule has 0 aromatic carbocycles. The molecule has 24 heavy (non-hydrogen) atoms. The zero-order chi connectivity index (χ0) is 16.9. The number of likely N-dealkylation sites (N-methyl/N-ethyl adjacent to an activating group) is 1. The molecule has 2 heterocycles. The molecule has 1 atom stereocenters. The van der Waals surface area contributed by atoms with Crippen LogP contribution in [0.15, 0.2) is 0 Å². The zero-order valence-corrected chi connectivity index (χ0v) is 15.9. The molecule has 2 saturated heterocycles. The van der Waals surface area contributed by atoms with Crippen LogP contribution in [0, 0.1) is 11.8 Å². The summed E-state index contributed by atoms with van der Waals surface area (Å²) in [6.07, 6.45) is 9.83. The Morgan fingerprint density at radius 2 is 1.67 bits per heavy atom. The number of piperidine rings is 1. The minimum absolute atomic E-state index is 0.424. The van der Waals surface area contributed by atoms with Crippen molar-refractivity contribution in [1.29, 1.82) is 0 Å². The van der Waals surface area contributed by atoms with Gasteiger partial charge in [0.05, 0.1) is 0 Å². The number of hydrogen-bond acceptors (Lipinski definition) is 3. The van der Waals surface area contributed by atoms with Crippen molar-refractivity contribution in [2.75, 3.05) is 46.3 Å². The van der Waals surface area contributed by atoms with Gasteiger partial charge in [0.15, 0.2) is 0 Å². The summed E-state index contributed by atoms with van der Waals surface area (Å²) in [5.41, 5.74) is 0. The predicted molar refractivity (Wildman–Crippen MR) is 99.0 cm³/mol. The molecule has 0 N–H and O–H groups in total. The van der Waals surface area contributed by atoms with Gasteiger partial charge in [-0.2, -0.15) is 0 Å². The largest absolute Gasteiger partial charge is 0.343 e. The Hall–Kier alpha value is -0.610. The van der Waals surface area contributed by atoms with Crippen molar-refractivity contribution in [2.45, 2.75) is 64.3 Å². The van der Waals surface area contributed by atoms with Crippen LogP contribution in [0.25, 0.3) is 0 Å². The molecule has 0 aromatic rings. The van der Waals surface area contributed by atoms with Crippen LogP contribution in [0.3, 0.4) is 0 Å². The van der Waals surface area contributed by atoms with Crippen LogP contribution in [0.1, 0.15) is 58.3 Å². The van der Waals surface area contributed by atoms with Gasteiger partial charge in [-0.05, 0) is 45.1 Å². The van der Waals surface area contributed by atoms with E-state index in [0.717, 1.165) is 37.8 Å².